The van der Waals surface area contributed by atoms with Crippen LogP contribution in [0.2, 0.25) is 0 Å². The molecular weight excluding hydrogens is 578 g/mol. The number of halogens is 4. The van der Waals surface area contributed by atoms with E-state index in [-0.39, 0.29) is 17.6 Å². The second kappa shape index (κ2) is 11.3. The lowest BCUT2D eigenvalue weighted by molar-refractivity contribution is 0.0544. The van der Waals surface area contributed by atoms with Gasteiger partial charge in [-0.05, 0) is 50.7 Å². The first kappa shape index (κ1) is 28.1. The summed E-state index contributed by atoms with van der Waals surface area (Å²) >= 11 is 0. The summed E-state index contributed by atoms with van der Waals surface area (Å²) in [5.74, 6) is 0.350. The summed E-state index contributed by atoms with van der Waals surface area (Å²) in [6, 6.07) is 4.64. The molecule has 4 heterocycles. The number of aromatic nitrogens is 7. The van der Waals surface area contributed by atoms with Crippen LogP contribution in [0, 0.1) is 5.92 Å². The summed E-state index contributed by atoms with van der Waals surface area (Å²) in [6.45, 7) is -2.80. The van der Waals surface area contributed by atoms with Gasteiger partial charge in [0.25, 0.3) is 10.0 Å². The number of alkyl halides is 4. The van der Waals surface area contributed by atoms with E-state index in [2.05, 4.69) is 35.8 Å². The van der Waals surface area contributed by atoms with Crippen LogP contribution in [-0.4, -0.2) is 60.1 Å². The van der Waals surface area contributed by atoms with E-state index in [4.69, 9.17) is 0 Å². The summed E-state index contributed by atoms with van der Waals surface area (Å²) in [5.41, 5.74) is 1.72. The molecule has 2 aliphatic rings. The van der Waals surface area contributed by atoms with Crippen molar-refractivity contribution in [1.82, 2.24) is 33.9 Å². The molecule has 0 saturated heterocycles. The minimum atomic E-state index is -3.53. The van der Waals surface area contributed by atoms with Gasteiger partial charge in [0.15, 0.2) is 5.82 Å². The highest BCUT2D eigenvalue weighted by atomic mass is 32.2. The molecule has 6 rings (SSSR count). The molecule has 0 spiro atoms. The lowest BCUT2D eigenvalue weighted by Crippen LogP contribution is -2.29. The van der Waals surface area contributed by atoms with Crippen molar-refractivity contribution >= 4 is 27.3 Å². The Bertz CT molecular complexity index is 1670. The third kappa shape index (κ3) is 5.93. The Kier molecular flexibility index (Phi) is 7.55. The highest BCUT2D eigenvalue weighted by Gasteiger charge is 2.37. The molecule has 2 aliphatic carbocycles. The fourth-order valence-electron chi connectivity index (χ4n) is 4.95. The fourth-order valence-corrected chi connectivity index (χ4v) is 6.43. The van der Waals surface area contributed by atoms with Crippen LogP contribution in [0.1, 0.15) is 45.1 Å². The molecule has 4 aromatic rings. The van der Waals surface area contributed by atoms with Gasteiger partial charge in [0, 0.05) is 47.9 Å². The van der Waals surface area contributed by atoms with E-state index in [1.807, 2.05) is 0 Å². The van der Waals surface area contributed by atoms with Crippen molar-refractivity contribution < 1.29 is 26.0 Å². The average Bonchev–Trinajstić information content (AvgIpc) is 3.51. The van der Waals surface area contributed by atoms with Crippen molar-refractivity contribution in [1.29, 1.82) is 0 Å². The zero-order valence-electron chi connectivity index (χ0n) is 22.1. The summed E-state index contributed by atoms with van der Waals surface area (Å²) in [4.78, 5) is 13.1. The molecular formula is C26H27F4N9O2S. The highest BCUT2D eigenvalue weighted by Crippen LogP contribution is 2.35. The SMILES string of the molecule is O=S(=O)(C1CC1)n1cc(-c2nccc(Nc3cc(NC4CCC(C(F)F)CC4)c(-c4ccn(C(F)F)n4)cn3)n2)cn1. The molecule has 42 heavy (non-hydrogen) atoms. The zero-order chi connectivity index (χ0) is 29.4. The number of nitrogens with one attached hydrogen (secondary N) is 2. The maximum Gasteiger partial charge on any atom is 0.333 e. The van der Waals surface area contributed by atoms with E-state index in [0.717, 1.165) is 4.09 Å². The van der Waals surface area contributed by atoms with Crippen molar-refractivity contribution in [2.75, 3.05) is 10.6 Å². The second-order valence-corrected chi connectivity index (χ2v) is 12.5. The molecule has 4 aromatic heterocycles. The molecule has 0 bridgehead atoms. The van der Waals surface area contributed by atoms with Gasteiger partial charge in [-0.1, -0.05) is 0 Å². The normalized spacial score (nSPS) is 19.4. The number of hydrogen-bond donors (Lipinski definition) is 2. The molecule has 0 aliphatic heterocycles. The Morgan fingerprint density at radius 3 is 2.43 bits per heavy atom. The number of nitrogens with zero attached hydrogens (tertiary/aromatic N) is 7. The third-order valence-electron chi connectivity index (χ3n) is 7.41. The fraction of sp³-hybridized carbons (Fsp3) is 0.423. The Morgan fingerprint density at radius 2 is 1.74 bits per heavy atom. The summed E-state index contributed by atoms with van der Waals surface area (Å²) < 4.78 is 79.2. The first-order chi connectivity index (χ1) is 20.2. The Labute approximate surface area is 238 Å². The number of rotatable bonds is 10. The predicted octanol–water partition coefficient (Wildman–Crippen LogP) is 5.31. The standard InChI is InChI=1S/C26H27F4N9O2S/c27-24(28)15-1-3-17(4-2-15)34-21-11-23(32-13-19(21)20-8-10-38(37-20)26(29)30)35-22-7-9-31-25(36-22)16-12-33-39(14-16)42(40,41)18-5-6-18/h7-15,17-18,24,26H,1-6H2,(H2,31,32,34,35,36). The van der Waals surface area contributed by atoms with Gasteiger partial charge in [0.1, 0.15) is 11.6 Å². The summed E-state index contributed by atoms with van der Waals surface area (Å²) in [6.07, 6.45) is 7.61. The first-order valence-corrected chi connectivity index (χ1v) is 15.0. The van der Waals surface area contributed by atoms with Gasteiger partial charge in [-0.2, -0.15) is 23.1 Å². The minimum Gasteiger partial charge on any atom is -0.382 e. The molecule has 222 valence electrons. The van der Waals surface area contributed by atoms with E-state index in [1.54, 1.807) is 12.1 Å². The number of anilines is 3. The smallest absolute Gasteiger partial charge is 0.333 e. The number of hydrogen-bond acceptors (Lipinski definition) is 9. The van der Waals surface area contributed by atoms with Crippen LogP contribution >= 0.6 is 0 Å². The first-order valence-electron chi connectivity index (χ1n) is 13.5. The minimum absolute atomic E-state index is 0.0970. The van der Waals surface area contributed by atoms with Crippen molar-refractivity contribution in [3.05, 3.63) is 49.2 Å². The number of pyridine rings is 1. The van der Waals surface area contributed by atoms with E-state index in [9.17, 15) is 26.0 Å². The molecule has 2 N–H and O–H groups in total. The van der Waals surface area contributed by atoms with Crippen molar-refractivity contribution in [3.63, 3.8) is 0 Å². The van der Waals surface area contributed by atoms with Crippen molar-refractivity contribution in [2.45, 2.75) is 62.8 Å². The zero-order valence-corrected chi connectivity index (χ0v) is 22.9. The van der Waals surface area contributed by atoms with Gasteiger partial charge in [0.05, 0.1) is 28.9 Å². The third-order valence-corrected chi connectivity index (χ3v) is 9.45. The molecule has 2 saturated carbocycles. The van der Waals surface area contributed by atoms with Crippen LogP contribution < -0.4 is 10.6 Å². The van der Waals surface area contributed by atoms with Crippen LogP contribution in [0.5, 0.6) is 0 Å². The molecule has 2 fully saturated rings. The van der Waals surface area contributed by atoms with E-state index in [0.29, 0.717) is 71.7 Å². The Hall–Kier alpha value is -4.08. The molecule has 11 nitrogen and oxygen atoms in total. The molecule has 0 atom stereocenters. The molecule has 0 amide bonds. The van der Waals surface area contributed by atoms with Gasteiger partial charge in [-0.15, -0.1) is 0 Å². The second-order valence-electron chi connectivity index (χ2n) is 10.4. The van der Waals surface area contributed by atoms with Crippen LogP contribution in [0.15, 0.2) is 49.2 Å². The van der Waals surface area contributed by atoms with Gasteiger partial charge in [0.2, 0.25) is 6.43 Å². The average molecular weight is 606 g/mol. The maximum absolute atomic E-state index is 13.2. The van der Waals surface area contributed by atoms with Gasteiger partial charge in [-0.25, -0.2) is 36.8 Å². The lowest BCUT2D eigenvalue weighted by atomic mass is 9.86. The Morgan fingerprint density at radius 1 is 0.952 bits per heavy atom. The van der Waals surface area contributed by atoms with Crippen LogP contribution in [0.4, 0.5) is 34.9 Å². The summed E-state index contributed by atoms with van der Waals surface area (Å²) in [7, 11) is -3.53. The largest absolute Gasteiger partial charge is 0.382 e. The van der Waals surface area contributed by atoms with Crippen LogP contribution in [0.25, 0.3) is 22.6 Å². The molecule has 16 heteroatoms. The van der Waals surface area contributed by atoms with Gasteiger partial charge >= 0.3 is 6.55 Å². The van der Waals surface area contributed by atoms with Gasteiger partial charge < -0.3 is 10.6 Å². The topological polar surface area (TPSA) is 133 Å². The summed E-state index contributed by atoms with van der Waals surface area (Å²) in [5, 5.41) is 14.0. The van der Waals surface area contributed by atoms with Crippen molar-refractivity contribution in [3.8, 4) is 22.6 Å². The predicted molar refractivity (Wildman–Crippen MR) is 146 cm³/mol. The highest BCUT2D eigenvalue weighted by molar-refractivity contribution is 7.90. The quantitative estimate of drug-likeness (QED) is 0.231. The van der Waals surface area contributed by atoms with Crippen LogP contribution in [-0.2, 0) is 10.0 Å². The lowest BCUT2D eigenvalue weighted by Gasteiger charge is -2.30. The molecule has 0 unspecified atom stereocenters. The molecule has 0 aromatic carbocycles. The molecule has 0 radical (unpaired) electrons. The monoisotopic (exact) mass is 605 g/mol. The van der Waals surface area contributed by atoms with Crippen LogP contribution in [0.3, 0.4) is 0 Å². The van der Waals surface area contributed by atoms with Gasteiger partial charge in [-0.3, -0.25) is 0 Å². The van der Waals surface area contributed by atoms with E-state index < -0.39 is 34.2 Å². The maximum atomic E-state index is 13.2. The Balaban J connectivity index is 1.25. The van der Waals surface area contributed by atoms with E-state index in [1.165, 1.54) is 37.1 Å². The van der Waals surface area contributed by atoms with E-state index >= 15 is 0 Å². The van der Waals surface area contributed by atoms with Crippen molar-refractivity contribution in [2.24, 2.45) is 5.92 Å².